The van der Waals surface area contributed by atoms with Crippen LogP contribution in [0.5, 0.6) is 5.75 Å². The lowest BCUT2D eigenvalue weighted by molar-refractivity contribution is 0.0697. The Morgan fingerprint density at radius 3 is 2.77 bits per heavy atom. The third kappa shape index (κ3) is 2.78. The van der Waals surface area contributed by atoms with Crippen molar-refractivity contribution in [3.63, 3.8) is 0 Å². The van der Waals surface area contributed by atoms with Crippen LogP contribution in [0.1, 0.15) is 16.1 Å². The smallest absolute Gasteiger partial charge is 0.335 e. The van der Waals surface area contributed by atoms with Gasteiger partial charge in [-0.3, -0.25) is 0 Å². The SMILES string of the molecule is Cn1c(COc2cccc(Cl)c2)cc2ccc(C(=O)O)cc21. The van der Waals surface area contributed by atoms with Gasteiger partial charge in [0.2, 0.25) is 0 Å². The maximum absolute atomic E-state index is 11.1. The molecule has 0 unspecified atom stereocenters. The maximum atomic E-state index is 11.1. The quantitative estimate of drug-likeness (QED) is 0.788. The predicted molar refractivity (Wildman–Crippen MR) is 85.7 cm³/mol. The number of nitrogens with zero attached hydrogens (tertiary/aromatic N) is 1. The number of carboxylic acid groups (broad SMARTS) is 1. The van der Waals surface area contributed by atoms with Gasteiger partial charge in [-0.25, -0.2) is 4.79 Å². The number of rotatable bonds is 4. The van der Waals surface area contributed by atoms with Gasteiger partial charge in [-0.05, 0) is 36.4 Å². The van der Waals surface area contributed by atoms with E-state index in [9.17, 15) is 4.79 Å². The molecule has 0 fully saturated rings. The third-order valence-electron chi connectivity index (χ3n) is 3.57. The summed E-state index contributed by atoms with van der Waals surface area (Å²) in [6.45, 7) is 0.383. The zero-order valence-corrected chi connectivity index (χ0v) is 12.7. The highest BCUT2D eigenvalue weighted by atomic mass is 35.5. The van der Waals surface area contributed by atoms with Gasteiger partial charge in [-0.1, -0.05) is 23.7 Å². The molecule has 0 atom stereocenters. The van der Waals surface area contributed by atoms with E-state index < -0.39 is 5.97 Å². The van der Waals surface area contributed by atoms with Crippen LogP contribution in [0, 0.1) is 0 Å². The summed E-state index contributed by atoms with van der Waals surface area (Å²) in [6, 6.07) is 14.3. The largest absolute Gasteiger partial charge is 0.487 e. The number of hydrogen-bond donors (Lipinski definition) is 1. The Morgan fingerprint density at radius 2 is 2.05 bits per heavy atom. The number of aromatic carboxylic acids is 1. The summed E-state index contributed by atoms with van der Waals surface area (Å²) in [5.41, 5.74) is 2.10. The van der Waals surface area contributed by atoms with E-state index in [4.69, 9.17) is 21.4 Å². The topological polar surface area (TPSA) is 51.5 Å². The van der Waals surface area contributed by atoms with Gasteiger partial charge in [0, 0.05) is 23.0 Å². The fourth-order valence-electron chi connectivity index (χ4n) is 2.37. The molecular formula is C17H14ClNO3. The molecule has 3 aromatic rings. The highest BCUT2D eigenvalue weighted by Crippen LogP contribution is 2.23. The van der Waals surface area contributed by atoms with E-state index in [2.05, 4.69) is 0 Å². The Balaban J connectivity index is 1.88. The molecule has 0 bridgehead atoms. The molecule has 0 aliphatic carbocycles. The normalized spacial score (nSPS) is 10.8. The van der Waals surface area contributed by atoms with Gasteiger partial charge in [0.05, 0.1) is 11.3 Å². The molecule has 0 aliphatic rings. The number of carboxylic acids is 1. The fourth-order valence-corrected chi connectivity index (χ4v) is 2.55. The molecule has 3 rings (SSSR count). The Kier molecular flexibility index (Phi) is 3.77. The Morgan fingerprint density at radius 1 is 1.23 bits per heavy atom. The third-order valence-corrected chi connectivity index (χ3v) is 3.81. The van der Waals surface area contributed by atoms with Crippen LogP contribution in [0.25, 0.3) is 10.9 Å². The van der Waals surface area contributed by atoms with E-state index in [1.54, 1.807) is 24.3 Å². The summed E-state index contributed by atoms with van der Waals surface area (Å²) in [7, 11) is 1.89. The number of ether oxygens (including phenoxy) is 1. The Bertz CT molecular complexity index is 854. The van der Waals surface area contributed by atoms with Crippen molar-refractivity contribution in [2.24, 2.45) is 7.05 Å². The van der Waals surface area contributed by atoms with E-state index in [0.717, 1.165) is 16.6 Å². The van der Waals surface area contributed by atoms with E-state index >= 15 is 0 Å². The summed E-state index contributed by atoms with van der Waals surface area (Å²) in [5, 5.41) is 10.7. The lowest BCUT2D eigenvalue weighted by Crippen LogP contribution is -2.02. The molecule has 5 heteroatoms. The van der Waals surface area contributed by atoms with Crippen molar-refractivity contribution in [1.82, 2.24) is 4.57 Å². The van der Waals surface area contributed by atoms with Crippen LogP contribution in [0.3, 0.4) is 0 Å². The van der Waals surface area contributed by atoms with E-state index in [-0.39, 0.29) is 5.56 Å². The first-order valence-corrected chi connectivity index (χ1v) is 7.12. The molecule has 0 aliphatic heterocycles. The zero-order valence-electron chi connectivity index (χ0n) is 11.9. The van der Waals surface area contributed by atoms with Crippen molar-refractivity contribution in [2.75, 3.05) is 0 Å². The number of carbonyl (C=O) groups is 1. The van der Waals surface area contributed by atoms with Gasteiger partial charge in [-0.15, -0.1) is 0 Å². The van der Waals surface area contributed by atoms with Gasteiger partial charge >= 0.3 is 5.97 Å². The first-order chi connectivity index (χ1) is 10.5. The van der Waals surface area contributed by atoms with Crippen molar-refractivity contribution < 1.29 is 14.6 Å². The van der Waals surface area contributed by atoms with Crippen LogP contribution in [0.15, 0.2) is 48.5 Å². The Hall–Kier alpha value is -2.46. The van der Waals surface area contributed by atoms with Gasteiger partial charge in [0.15, 0.2) is 0 Å². The molecule has 22 heavy (non-hydrogen) atoms. The summed E-state index contributed by atoms with van der Waals surface area (Å²) in [5.74, 6) is -0.233. The molecule has 0 amide bonds. The number of fused-ring (bicyclic) bond motifs is 1. The van der Waals surface area contributed by atoms with Gasteiger partial charge < -0.3 is 14.4 Å². The monoisotopic (exact) mass is 315 g/mol. The van der Waals surface area contributed by atoms with E-state index in [1.807, 2.05) is 35.9 Å². The molecule has 4 nitrogen and oxygen atoms in total. The minimum Gasteiger partial charge on any atom is -0.487 e. The lowest BCUT2D eigenvalue weighted by Gasteiger charge is -2.08. The van der Waals surface area contributed by atoms with Crippen molar-refractivity contribution in [2.45, 2.75) is 6.61 Å². The first kappa shape index (κ1) is 14.5. The minimum absolute atomic E-state index is 0.274. The lowest BCUT2D eigenvalue weighted by atomic mass is 10.1. The van der Waals surface area contributed by atoms with E-state index in [1.165, 1.54) is 0 Å². The number of aryl methyl sites for hydroxylation is 1. The second-order valence-corrected chi connectivity index (χ2v) is 5.46. The minimum atomic E-state index is -0.931. The molecule has 1 aromatic heterocycles. The van der Waals surface area contributed by atoms with E-state index in [0.29, 0.717) is 17.4 Å². The standard InChI is InChI=1S/C17H14ClNO3/c1-19-14(10-22-15-4-2-3-13(18)9-15)7-11-5-6-12(17(20)21)8-16(11)19/h2-9H,10H2,1H3,(H,20,21). The highest BCUT2D eigenvalue weighted by molar-refractivity contribution is 6.30. The second kappa shape index (κ2) is 5.73. The Labute approximate surface area is 132 Å². The molecular weight excluding hydrogens is 302 g/mol. The number of aromatic nitrogens is 1. The molecule has 0 radical (unpaired) electrons. The van der Waals surface area contributed by atoms with Crippen LogP contribution < -0.4 is 4.74 Å². The fraction of sp³-hybridized carbons (Fsp3) is 0.118. The second-order valence-electron chi connectivity index (χ2n) is 5.02. The number of halogens is 1. The molecule has 0 saturated heterocycles. The molecule has 112 valence electrons. The van der Waals surface area contributed by atoms with Crippen LogP contribution in [0.4, 0.5) is 0 Å². The summed E-state index contributed by atoms with van der Waals surface area (Å²) in [6.07, 6.45) is 0. The van der Waals surface area contributed by atoms with Crippen molar-refractivity contribution in [1.29, 1.82) is 0 Å². The molecule has 2 aromatic carbocycles. The summed E-state index contributed by atoms with van der Waals surface area (Å²) >= 11 is 5.93. The average molecular weight is 316 g/mol. The van der Waals surface area contributed by atoms with Crippen LogP contribution >= 0.6 is 11.6 Å². The average Bonchev–Trinajstić information content (AvgIpc) is 2.81. The summed E-state index contributed by atoms with van der Waals surface area (Å²) < 4.78 is 7.68. The van der Waals surface area contributed by atoms with Crippen LogP contribution in [-0.4, -0.2) is 15.6 Å². The van der Waals surface area contributed by atoms with Crippen LogP contribution in [0.2, 0.25) is 5.02 Å². The zero-order chi connectivity index (χ0) is 15.7. The first-order valence-electron chi connectivity index (χ1n) is 6.74. The highest BCUT2D eigenvalue weighted by Gasteiger charge is 2.10. The molecule has 1 heterocycles. The van der Waals surface area contributed by atoms with Gasteiger partial charge in [0.25, 0.3) is 0 Å². The predicted octanol–water partition coefficient (Wildman–Crippen LogP) is 4.11. The molecule has 1 N–H and O–H groups in total. The van der Waals surface area contributed by atoms with Crippen molar-refractivity contribution >= 4 is 28.5 Å². The van der Waals surface area contributed by atoms with Crippen LogP contribution in [-0.2, 0) is 13.7 Å². The van der Waals surface area contributed by atoms with Crippen molar-refractivity contribution in [3.05, 3.63) is 64.8 Å². The molecule has 0 saturated carbocycles. The number of hydrogen-bond acceptors (Lipinski definition) is 2. The van der Waals surface area contributed by atoms with Gasteiger partial charge in [0.1, 0.15) is 12.4 Å². The summed E-state index contributed by atoms with van der Waals surface area (Å²) in [4.78, 5) is 11.1. The maximum Gasteiger partial charge on any atom is 0.335 e. The number of benzene rings is 2. The van der Waals surface area contributed by atoms with Crippen molar-refractivity contribution in [3.8, 4) is 5.75 Å². The van der Waals surface area contributed by atoms with Gasteiger partial charge in [-0.2, -0.15) is 0 Å². The molecule has 0 spiro atoms.